The number of carbonyl (C=O) groups excluding carboxylic acids is 1. The topological polar surface area (TPSA) is 50.2 Å². The van der Waals surface area contributed by atoms with Crippen LogP contribution in [-0.2, 0) is 18.4 Å². The number of carbonyl (C=O) groups is 1. The van der Waals surface area contributed by atoms with Crippen LogP contribution in [0.3, 0.4) is 0 Å². The number of aryl methyl sites for hydroxylation is 1. The van der Waals surface area contributed by atoms with E-state index in [1.807, 2.05) is 30.4 Å². The Morgan fingerprint density at radius 2 is 2.24 bits per heavy atom. The first kappa shape index (κ1) is 16.3. The van der Waals surface area contributed by atoms with E-state index in [0.29, 0.717) is 19.1 Å². The fourth-order valence-electron chi connectivity index (χ4n) is 3.74. The van der Waals surface area contributed by atoms with Gasteiger partial charge in [-0.3, -0.25) is 9.48 Å². The average Bonchev–Trinajstić information content (AvgIpc) is 3.14. The minimum atomic E-state index is -0.253. The Balaban J connectivity index is 1.54. The predicted octanol–water partition coefficient (Wildman–Crippen LogP) is 2.05. The smallest absolute Gasteiger partial charge is 0.228 e. The molecule has 1 aliphatic heterocycles. The van der Waals surface area contributed by atoms with Crippen LogP contribution in [0.15, 0.2) is 36.7 Å². The van der Waals surface area contributed by atoms with Crippen molar-refractivity contribution in [3.8, 4) is 0 Å². The van der Waals surface area contributed by atoms with Crippen molar-refractivity contribution in [3.63, 3.8) is 0 Å². The van der Waals surface area contributed by atoms with Crippen LogP contribution in [0.2, 0.25) is 0 Å². The zero-order valence-electron chi connectivity index (χ0n) is 14.4. The standard InChI is InChI=1S/C19H23FN4O/c1-23-12-14(8-22-23)17-9-21-10-18(17)19(25)24(16-5-6-16)11-13-3-2-4-15(20)7-13/h2-4,7-8,12,16-18,21H,5-6,9-11H2,1H3/t17-,18+/m1/s1. The van der Waals surface area contributed by atoms with E-state index in [4.69, 9.17) is 0 Å². The maximum atomic E-state index is 13.5. The Morgan fingerprint density at radius 1 is 1.40 bits per heavy atom. The summed E-state index contributed by atoms with van der Waals surface area (Å²) >= 11 is 0. The first-order valence-corrected chi connectivity index (χ1v) is 8.86. The first-order valence-electron chi connectivity index (χ1n) is 8.86. The first-order chi connectivity index (χ1) is 12.1. The van der Waals surface area contributed by atoms with Gasteiger partial charge in [-0.2, -0.15) is 5.10 Å². The van der Waals surface area contributed by atoms with Crippen LogP contribution in [0.5, 0.6) is 0 Å². The molecule has 0 bridgehead atoms. The Hall–Kier alpha value is -2.21. The summed E-state index contributed by atoms with van der Waals surface area (Å²) in [7, 11) is 1.89. The summed E-state index contributed by atoms with van der Waals surface area (Å²) in [6, 6.07) is 6.85. The molecular weight excluding hydrogens is 319 g/mol. The molecule has 1 aliphatic carbocycles. The third kappa shape index (κ3) is 3.44. The van der Waals surface area contributed by atoms with Crippen molar-refractivity contribution in [1.82, 2.24) is 20.0 Å². The van der Waals surface area contributed by atoms with Crippen molar-refractivity contribution in [2.24, 2.45) is 13.0 Å². The molecule has 2 aromatic rings. The number of nitrogens with one attached hydrogen (secondary N) is 1. The van der Waals surface area contributed by atoms with Crippen LogP contribution in [0, 0.1) is 11.7 Å². The van der Waals surface area contributed by atoms with Gasteiger partial charge < -0.3 is 10.2 Å². The van der Waals surface area contributed by atoms with Crippen LogP contribution in [-0.4, -0.2) is 39.7 Å². The Kier molecular flexibility index (Phi) is 4.29. The number of nitrogens with zero attached hydrogens (tertiary/aromatic N) is 3. The molecule has 0 unspecified atom stereocenters. The number of aromatic nitrogens is 2. The lowest BCUT2D eigenvalue weighted by molar-refractivity contribution is -0.136. The Bertz CT molecular complexity index is 770. The maximum Gasteiger partial charge on any atom is 0.228 e. The molecule has 1 saturated carbocycles. The van der Waals surface area contributed by atoms with Gasteiger partial charge in [-0.05, 0) is 36.1 Å². The second-order valence-corrected chi connectivity index (χ2v) is 7.15. The van der Waals surface area contributed by atoms with Crippen LogP contribution in [0.4, 0.5) is 4.39 Å². The minimum Gasteiger partial charge on any atom is -0.335 e. The molecule has 2 aliphatic rings. The minimum absolute atomic E-state index is 0.0849. The van der Waals surface area contributed by atoms with Gasteiger partial charge in [0.2, 0.25) is 5.91 Å². The molecule has 25 heavy (non-hydrogen) atoms. The summed E-state index contributed by atoms with van der Waals surface area (Å²) in [5, 5.41) is 7.60. The van der Waals surface area contributed by atoms with Gasteiger partial charge in [-0.15, -0.1) is 0 Å². The van der Waals surface area contributed by atoms with Gasteiger partial charge in [0.25, 0.3) is 0 Å². The van der Waals surface area contributed by atoms with E-state index in [1.54, 1.807) is 10.7 Å². The van der Waals surface area contributed by atoms with Crippen molar-refractivity contribution < 1.29 is 9.18 Å². The number of hydrogen-bond donors (Lipinski definition) is 1. The summed E-state index contributed by atoms with van der Waals surface area (Å²) in [5.41, 5.74) is 1.96. The van der Waals surface area contributed by atoms with E-state index >= 15 is 0 Å². The molecular formula is C19H23FN4O. The predicted molar refractivity (Wildman–Crippen MR) is 92.3 cm³/mol. The molecule has 2 heterocycles. The molecule has 0 spiro atoms. The average molecular weight is 342 g/mol. The maximum absolute atomic E-state index is 13.5. The molecule has 2 fully saturated rings. The molecule has 1 N–H and O–H groups in total. The lowest BCUT2D eigenvalue weighted by atomic mass is 9.89. The van der Waals surface area contributed by atoms with Gasteiger partial charge in [0.05, 0.1) is 12.1 Å². The molecule has 4 rings (SSSR count). The summed E-state index contributed by atoms with van der Waals surface area (Å²) in [6.07, 6.45) is 5.93. The van der Waals surface area contributed by atoms with Crippen molar-refractivity contribution in [1.29, 1.82) is 0 Å². The summed E-state index contributed by atoms with van der Waals surface area (Å²) < 4.78 is 15.3. The monoisotopic (exact) mass is 342 g/mol. The Morgan fingerprint density at radius 3 is 2.92 bits per heavy atom. The lowest BCUT2D eigenvalue weighted by Gasteiger charge is -2.28. The van der Waals surface area contributed by atoms with E-state index < -0.39 is 0 Å². The Labute approximate surface area is 146 Å². The summed E-state index contributed by atoms with van der Waals surface area (Å²) in [5.74, 6) is -0.0181. The highest BCUT2D eigenvalue weighted by Crippen LogP contribution is 2.35. The molecule has 6 heteroatoms. The van der Waals surface area contributed by atoms with Crippen molar-refractivity contribution in [2.45, 2.75) is 31.3 Å². The van der Waals surface area contributed by atoms with Crippen LogP contribution < -0.4 is 5.32 Å². The largest absolute Gasteiger partial charge is 0.335 e. The quantitative estimate of drug-likeness (QED) is 0.905. The molecule has 0 radical (unpaired) electrons. The van der Waals surface area contributed by atoms with Gasteiger partial charge in [0.1, 0.15) is 5.82 Å². The van der Waals surface area contributed by atoms with Crippen LogP contribution in [0.1, 0.15) is 29.9 Å². The van der Waals surface area contributed by atoms with Gasteiger partial charge in [-0.1, -0.05) is 12.1 Å². The lowest BCUT2D eigenvalue weighted by Crippen LogP contribution is -2.39. The van der Waals surface area contributed by atoms with E-state index in [9.17, 15) is 9.18 Å². The summed E-state index contributed by atoms with van der Waals surface area (Å²) in [4.78, 5) is 15.2. The number of benzene rings is 1. The van der Waals surface area contributed by atoms with E-state index in [2.05, 4.69) is 10.4 Å². The normalized spacial score (nSPS) is 23.0. The SMILES string of the molecule is Cn1cc([C@H]2CNC[C@@H]2C(=O)N(Cc2cccc(F)c2)C2CC2)cn1. The fraction of sp³-hybridized carbons (Fsp3) is 0.474. The van der Waals surface area contributed by atoms with Crippen molar-refractivity contribution in [2.75, 3.05) is 13.1 Å². The molecule has 5 nitrogen and oxygen atoms in total. The number of amides is 1. The molecule has 1 amide bonds. The van der Waals surface area contributed by atoms with Crippen LogP contribution >= 0.6 is 0 Å². The number of rotatable bonds is 5. The molecule has 1 aromatic heterocycles. The highest BCUT2D eigenvalue weighted by molar-refractivity contribution is 5.81. The van der Waals surface area contributed by atoms with Crippen molar-refractivity contribution in [3.05, 3.63) is 53.6 Å². The van der Waals surface area contributed by atoms with Crippen molar-refractivity contribution >= 4 is 5.91 Å². The highest BCUT2D eigenvalue weighted by Gasteiger charge is 2.41. The van der Waals surface area contributed by atoms with Gasteiger partial charge >= 0.3 is 0 Å². The number of halogens is 1. The molecule has 1 saturated heterocycles. The fourth-order valence-corrected chi connectivity index (χ4v) is 3.74. The third-order valence-corrected chi connectivity index (χ3v) is 5.20. The van der Waals surface area contributed by atoms with E-state index in [-0.39, 0.29) is 23.6 Å². The van der Waals surface area contributed by atoms with Gasteiger partial charge in [-0.25, -0.2) is 4.39 Å². The molecule has 2 atom stereocenters. The second-order valence-electron chi connectivity index (χ2n) is 7.15. The highest BCUT2D eigenvalue weighted by atomic mass is 19.1. The van der Waals surface area contributed by atoms with E-state index in [0.717, 1.165) is 30.5 Å². The van der Waals surface area contributed by atoms with E-state index in [1.165, 1.54) is 12.1 Å². The molecule has 1 aromatic carbocycles. The zero-order valence-corrected chi connectivity index (χ0v) is 14.4. The number of hydrogen-bond acceptors (Lipinski definition) is 3. The van der Waals surface area contributed by atoms with Gasteiger partial charge in [0.15, 0.2) is 0 Å². The van der Waals surface area contributed by atoms with Crippen LogP contribution in [0.25, 0.3) is 0 Å². The zero-order chi connectivity index (χ0) is 17.4. The molecule has 132 valence electrons. The summed E-state index contributed by atoms with van der Waals surface area (Å²) in [6.45, 7) is 1.96. The second kappa shape index (κ2) is 6.59. The van der Waals surface area contributed by atoms with Gasteiger partial charge in [0, 0.05) is 44.8 Å². The third-order valence-electron chi connectivity index (χ3n) is 5.20.